The predicted molar refractivity (Wildman–Crippen MR) is 66.5 cm³/mol. The highest BCUT2D eigenvalue weighted by Gasteiger charge is 2.26. The number of ether oxygens (including phenoxy) is 1. The van der Waals surface area contributed by atoms with E-state index in [1.165, 1.54) is 19.2 Å². The van der Waals surface area contributed by atoms with E-state index >= 15 is 0 Å². The lowest BCUT2D eigenvalue weighted by atomic mass is 9.94. The van der Waals surface area contributed by atoms with Gasteiger partial charge in [-0.3, -0.25) is 25.0 Å². The van der Waals surface area contributed by atoms with Gasteiger partial charge >= 0.3 is 5.97 Å². The summed E-state index contributed by atoms with van der Waals surface area (Å²) in [6, 6.07) is 3.59. The van der Waals surface area contributed by atoms with Crippen LogP contribution >= 0.6 is 0 Å². The molecular weight excluding hydrogens is 272 g/mol. The molecule has 0 heterocycles. The van der Waals surface area contributed by atoms with Gasteiger partial charge in [0.1, 0.15) is 5.75 Å². The number of nitrogens with zero attached hydrogens (tertiary/aromatic N) is 2. The van der Waals surface area contributed by atoms with E-state index in [2.05, 4.69) is 0 Å². The van der Waals surface area contributed by atoms with Gasteiger partial charge in [0.15, 0.2) is 0 Å². The van der Waals surface area contributed by atoms with Crippen LogP contribution in [-0.4, -0.2) is 34.6 Å². The smallest absolute Gasteiger partial charge is 0.304 e. The molecule has 0 amide bonds. The summed E-state index contributed by atoms with van der Waals surface area (Å²) in [6.45, 7) is -0.649. The van der Waals surface area contributed by atoms with Crippen LogP contribution in [0.3, 0.4) is 0 Å². The Hall–Kier alpha value is -2.71. The highest BCUT2D eigenvalue weighted by molar-refractivity contribution is 5.68. The van der Waals surface area contributed by atoms with E-state index in [0.29, 0.717) is 0 Å². The van der Waals surface area contributed by atoms with Crippen LogP contribution in [0.4, 0.5) is 5.69 Å². The lowest BCUT2D eigenvalue weighted by Crippen LogP contribution is -2.17. The van der Waals surface area contributed by atoms with Crippen molar-refractivity contribution in [3.63, 3.8) is 0 Å². The van der Waals surface area contributed by atoms with Crippen LogP contribution in [0.15, 0.2) is 18.2 Å². The molecule has 9 heteroatoms. The van der Waals surface area contributed by atoms with Gasteiger partial charge in [0.05, 0.1) is 24.4 Å². The van der Waals surface area contributed by atoms with Crippen molar-refractivity contribution >= 4 is 11.7 Å². The average Bonchev–Trinajstić information content (AvgIpc) is 2.36. The average molecular weight is 284 g/mol. The minimum absolute atomic E-state index is 0.140. The Labute approximate surface area is 113 Å². The molecule has 0 spiro atoms. The monoisotopic (exact) mass is 284 g/mol. The summed E-state index contributed by atoms with van der Waals surface area (Å²) in [5, 5.41) is 30.2. The molecule has 1 rings (SSSR count). The van der Waals surface area contributed by atoms with Gasteiger partial charge in [-0.05, 0) is 6.07 Å². The fraction of sp³-hybridized carbons (Fsp3) is 0.364. The molecule has 0 aliphatic heterocycles. The molecule has 0 saturated carbocycles. The van der Waals surface area contributed by atoms with Crippen molar-refractivity contribution in [2.45, 2.75) is 12.3 Å². The topological polar surface area (TPSA) is 133 Å². The molecule has 0 radical (unpaired) electrons. The summed E-state index contributed by atoms with van der Waals surface area (Å²) in [6.07, 6.45) is -0.515. The van der Waals surface area contributed by atoms with E-state index in [9.17, 15) is 25.0 Å². The number of nitro benzene ring substituents is 1. The van der Waals surface area contributed by atoms with Crippen LogP contribution in [0, 0.1) is 20.2 Å². The van der Waals surface area contributed by atoms with Gasteiger partial charge in [0.2, 0.25) is 6.54 Å². The van der Waals surface area contributed by atoms with Crippen molar-refractivity contribution in [3.05, 3.63) is 44.0 Å². The third-order valence-corrected chi connectivity index (χ3v) is 2.65. The summed E-state index contributed by atoms with van der Waals surface area (Å²) in [5.41, 5.74) is -0.139. The van der Waals surface area contributed by atoms with Crippen LogP contribution in [0.1, 0.15) is 17.9 Å². The maximum atomic E-state index is 10.8. The van der Waals surface area contributed by atoms with Gasteiger partial charge < -0.3 is 9.84 Å². The van der Waals surface area contributed by atoms with Crippen molar-refractivity contribution in [3.8, 4) is 5.75 Å². The Balaban J connectivity index is 3.27. The summed E-state index contributed by atoms with van der Waals surface area (Å²) in [7, 11) is 1.30. The Kier molecular flexibility index (Phi) is 4.95. The maximum Gasteiger partial charge on any atom is 0.304 e. The highest BCUT2D eigenvalue weighted by atomic mass is 16.6. The zero-order chi connectivity index (χ0) is 15.3. The second-order valence-electron chi connectivity index (χ2n) is 3.99. The lowest BCUT2D eigenvalue weighted by molar-refractivity contribution is -0.483. The molecule has 9 nitrogen and oxygen atoms in total. The lowest BCUT2D eigenvalue weighted by Gasteiger charge is -2.14. The molecule has 0 aromatic heterocycles. The summed E-state index contributed by atoms with van der Waals surface area (Å²) in [5.74, 6) is -2.05. The quantitative estimate of drug-likeness (QED) is 0.591. The van der Waals surface area contributed by atoms with Gasteiger partial charge in [-0.1, -0.05) is 0 Å². The van der Waals surface area contributed by atoms with Gasteiger partial charge in [-0.15, -0.1) is 0 Å². The van der Waals surface area contributed by atoms with E-state index < -0.39 is 34.7 Å². The second-order valence-corrected chi connectivity index (χ2v) is 3.99. The molecule has 1 aromatic carbocycles. The molecule has 1 atom stereocenters. The van der Waals surface area contributed by atoms with E-state index in [-0.39, 0.29) is 17.0 Å². The first-order chi connectivity index (χ1) is 9.35. The van der Waals surface area contributed by atoms with Crippen molar-refractivity contribution in [1.82, 2.24) is 0 Å². The van der Waals surface area contributed by atoms with Crippen molar-refractivity contribution < 1.29 is 24.5 Å². The van der Waals surface area contributed by atoms with E-state index in [4.69, 9.17) is 9.84 Å². The molecule has 1 aromatic rings. The molecule has 20 heavy (non-hydrogen) atoms. The Bertz CT molecular complexity index is 528. The molecule has 0 saturated heterocycles. The van der Waals surface area contributed by atoms with E-state index in [1.54, 1.807) is 0 Å². The number of nitro groups is 2. The molecule has 108 valence electrons. The highest BCUT2D eigenvalue weighted by Crippen LogP contribution is 2.32. The zero-order valence-electron chi connectivity index (χ0n) is 10.5. The molecule has 1 N–H and O–H groups in total. The minimum atomic E-state index is -1.23. The van der Waals surface area contributed by atoms with Crippen LogP contribution in [0.25, 0.3) is 0 Å². The van der Waals surface area contributed by atoms with Crippen LogP contribution in [0.5, 0.6) is 5.75 Å². The van der Waals surface area contributed by atoms with Gasteiger partial charge in [-0.2, -0.15) is 0 Å². The molecule has 0 aliphatic carbocycles. The van der Waals surface area contributed by atoms with Crippen LogP contribution in [-0.2, 0) is 4.79 Å². The number of carboxylic acid groups (broad SMARTS) is 1. The van der Waals surface area contributed by atoms with Gasteiger partial charge in [0, 0.05) is 22.6 Å². The Morgan fingerprint density at radius 3 is 2.50 bits per heavy atom. The fourth-order valence-electron chi connectivity index (χ4n) is 1.82. The maximum absolute atomic E-state index is 10.8. The first-order valence-corrected chi connectivity index (χ1v) is 5.51. The minimum Gasteiger partial charge on any atom is -0.496 e. The largest absolute Gasteiger partial charge is 0.496 e. The van der Waals surface area contributed by atoms with E-state index in [1.807, 2.05) is 0 Å². The predicted octanol–water partition coefficient (Wildman–Crippen LogP) is 1.44. The third kappa shape index (κ3) is 3.90. The first kappa shape index (κ1) is 15.3. The number of rotatable bonds is 7. The Morgan fingerprint density at radius 2 is 2.05 bits per heavy atom. The number of benzene rings is 1. The number of hydrogen-bond donors (Lipinski definition) is 1. The molecule has 0 fully saturated rings. The number of hydrogen-bond acceptors (Lipinski definition) is 6. The normalized spacial score (nSPS) is 11.7. The van der Waals surface area contributed by atoms with Gasteiger partial charge in [0.25, 0.3) is 5.69 Å². The molecular formula is C11H12N2O7. The number of aliphatic carboxylic acids is 1. The van der Waals surface area contributed by atoms with Crippen molar-refractivity contribution in [2.75, 3.05) is 13.7 Å². The number of carboxylic acids is 1. The Morgan fingerprint density at radius 1 is 1.40 bits per heavy atom. The number of non-ortho nitro benzene ring substituents is 1. The molecule has 1 unspecified atom stereocenters. The second kappa shape index (κ2) is 6.45. The fourth-order valence-corrected chi connectivity index (χ4v) is 1.82. The van der Waals surface area contributed by atoms with E-state index in [0.717, 1.165) is 6.07 Å². The van der Waals surface area contributed by atoms with Crippen molar-refractivity contribution in [1.29, 1.82) is 0 Å². The van der Waals surface area contributed by atoms with Crippen LogP contribution < -0.4 is 4.74 Å². The number of carbonyl (C=O) groups is 1. The molecule has 0 bridgehead atoms. The third-order valence-electron chi connectivity index (χ3n) is 2.65. The SMILES string of the molecule is COc1ccc([N+](=O)[O-])cc1C(CC(=O)O)C[N+](=O)[O-]. The number of methoxy groups -OCH3 is 1. The molecule has 0 aliphatic rings. The standard InChI is InChI=1S/C11H12N2O7/c1-20-10-3-2-8(13(18)19)5-9(10)7(4-11(14)15)6-12(16)17/h2-3,5,7H,4,6H2,1H3,(H,14,15). The first-order valence-electron chi connectivity index (χ1n) is 5.51. The van der Waals surface area contributed by atoms with Crippen molar-refractivity contribution in [2.24, 2.45) is 0 Å². The van der Waals surface area contributed by atoms with Crippen LogP contribution in [0.2, 0.25) is 0 Å². The summed E-state index contributed by atoms with van der Waals surface area (Å²) in [4.78, 5) is 30.8. The zero-order valence-corrected chi connectivity index (χ0v) is 10.5. The summed E-state index contributed by atoms with van der Waals surface area (Å²) < 4.78 is 4.99. The van der Waals surface area contributed by atoms with Gasteiger partial charge in [-0.25, -0.2) is 0 Å². The summed E-state index contributed by atoms with van der Waals surface area (Å²) >= 11 is 0.